The molecule has 2 aromatic carbocycles. The van der Waals surface area contributed by atoms with E-state index in [1.54, 1.807) is 20.0 Å². The molecule has 1 unspecified atom stereocenters. The summed E-state index contributed by atoms with van der Waals surface area (Å²) in [6.45, 7) is 3.23. The maximum absolute atomic E-state index is 12.8. The molecule has 0 radical (unpaired) electrons. The molecule has 28 heavy (non-hydrogen) atoms. The van der Waals surface area contributed by atoms with Gasteiger partial charge in [-0.25, -0.2) is 4.79 Å². The number of fused-ring (bicyclic) bond motifs is 1. The smallest absolute Gasteiger partial charge is 0.361 e. The summed E-state index contributed by atoms with van der Waals surface area (Å²) < 4.78 is 5.38. The molecule has 0 spiro atoms. The number of ketones is 1. The fourth-order valence-electron chi connectivity index (χ4n) is 3.01. The quantitative estimate of drug-likeness (QED) is 0.427. The summed E-state index contributed by atoms with van der Waals surface area (Å²) >= 11 is 0. The molecule has 7 nitrogen and oxygen atoms in total. The molecule has 0 aliphatic carbocycles. The first-order valence-electron chi connectivity index (χ1n) is 8.85. The zero-order valence-electron chi connectivity index (χ0n) is 15.4. The Balaban J connectivity index is 1.53. The van der Waals surface area contributed by atoms with Crippen LogP contribution in [0.1, 0.15) is 33.5 Å². The predicted molar refractivity (Wildman–Crippen MR) is 104 cm³/mol. The van der Waals surface area contributed by atoms with E-state index in [1.165, 1.54) is 4.80 Å². The van der Waals surface area contributed by atoms with E-state index >= 15 is 0 Å². The van der Waals surface area contributed by atoms with Crippen molar-refractivity contribution < 1.29 is 14.3 Å². The number of hydrogen-bond acceptors (Lipinski definition) is 5. The second kappa shape index (κ2) is 7.11. The van der Waals surface area contributed by atoms with E-state index in [0.717, 1.165) is 16.6 Å². The molecule has 4 rings (SSSR count). The molecule has 0 aliphatic rings. The van der Waals surface area contributed by atoms with Crippen molar-refractivity contribution in [2.24, 2.45) is 0 Å². The number of para-hydroxylation sites is 2. The number of ether oxygens (including phenoxy) is 1. The van der Waals surface area contributed by atoms with E-state index in [9.17, 15) is 9.59 Å². The molecular weight excluding hydrogens is 356 g/mol. The highest BCUT2D eigenvalue weighted by Gasteiger charge is 2.25. The van der Waals surface area contributed by atoms with Crippen LogP contribution in [0.5, 0.6) is 0 Å². The summed E-state index contributed by atoms with van der Waals surface area (Å²) in [7, 11) is 0. The summed E-state index contributed by atoms with van der Waals surface area (Å²) in [4.78, 5) is 29.7. The number of carbonyl (C=O) groups excluding carboxylic acids is 2. The van der Waals surface area contributed by atoms with Crippen LogP contribution in [0.4, 0.5) is 0 Å². The van der Waals surface area contributed by atoms with E-state index in [1.807, 2.05) is 54.6 Å². The minimum Gasteiger partial charge on any atom is -0.449 e. The topological polar surface area (TPSA) is 89.9 Å². The molecule has 1 atom stereocenters. The Kier molecular flexibility index (Phi) is 4.49. The third-order valence-electron chi connectivity index (χ3n) is 4.47. The van der Waals surface area contributed by atoms with Crippen LogP contribution in [-0.2, 0) is 4.74 Å². The van der Waals surface area contributed by atoms with Crippen LogP contribution >= 0.6 is 0 Å². The maximum atomic E-state index is 12.8. The van der Waals surface area contributed by atoms with Gasteiger partial charge >= 0.3 is 5.97 Å². The largest absolute Gasteiger partial charge is 0.449 e. The van der Waals surface area contributed by atoms with Gasteiger partial charge in [-0.1, -0.05) is 36.4 Å². The predicted octanol–water partition coefficient (Wildman–Crippen LogP) is 3.49. The molecule has 2 aromatic heterocycles. The molecule has 2 heterocycles. The Hall–Kier alpha value is -3.74. The normalized spacial score (nSPS) is 12.1. The Morgan fingerprint density at radius 2 is 1.75 bits per heavy atom. The summed E-state index contributed by atoms with van der Waals surface area (Å²) in [5, 5.41) is 9.27. The molecule has 4 aromatic rings. The third kappa shape index (κ3) is 3.18. The van der Waals surface area contributed by atoms with Crippen molar-refractivity contribution in [3.8, 4) is 5.69 Å². The highest BCUT2D eigenvalue weighted by molar-refractivity contribution is 6.10. The van der Waals surface area contributed by atoms with Gasteiger partial charge in [-0.05, 0) is 32.0 Å². The average Bonchev–Trinajstić information content (AvgIpc) is 3.32. The lowest BCUT2D eigenvalue weighted by Crippen LogP contribution is -2.25. The van der Waals surface area contributed by atoms with Gasteiger partial charge in [-0.3, -0.25) is 4.79 Å². The van der Waals surface area contributed by atoms with Crippen molar-refractivity contribution in [3.63, 3.8) is 0 Å². The highest BCUT2D eigenvalue weighted by Crippen LogP contribution is 2.20. The van der Waals surface area contributed by atoms with Crippen LogP contribution in [0.15, 0.2) is 60.8 Å². The molecule has 0 fully saturated rings. The number of carbonyl (C=O) groups is 2. The Labute approximate surface area is 160 Å². The number of aromatic nitrogens is 4. The summed E-state index contributed by atoms with van der Waals surface area (Å²) in [5.41, 5.74) is 2.59. The number of H-pyrrole nitrogens is 1. The zero-order valence-corrected chi connectivity index (χ0v) is 15.4. The molecule has 0 saturated heterocycles. The standard InChI is InChI=1S/C21H18N4O3/c1-13-19(24-25(23-13)15-8-4-3-5-9-15)21(27)28-14(2)20(26)17-12-22-18-11-7-6-10-16(17)18/h3-12,14,22H,1-2H3. The molecule has 140 valence electrons. The number of Topliss-reactive ketones (excluding diaryl/α,β-unsaturated/α-hetero) is 1. The van der Waals surface area contributed by atoms with Gasteiger partial charge in [0, 0.05) is 22.7 Å². The number of aromatic amines is 1. The van der Waals surface area contributed by atoms with Crippen LogP contribution in [-0.4, -0.2) is 37.8 Å². The van der Waals surface area contributed by atoms with Crippen LogP contribution in [0.25, 0.3) is 16.6 Å². The highest BCUT2D eigenvalue weighted by atomic mass is 16.5. The summed E-state index contributed by atoms with van der Waals surface area (Å²) in [5.74, 6) is -0.959. The van der Waals surface area contributed by atoms with E-state index < -0.39 is 12.1 Å². The number of nitrogens with zero attached hydrogens (tertiary/aromatic N) is 3. The lowest BCUT2D eigenvalue weighted by molar-refractivity contribution is 0.0312. The van der Waals surface area contributed by atoms with Gasteiger partial charge in [0.05, 0.1) is 11.4 Å². The Bertz CT molecular complexity index is 1160. The van der Waals surface area contributed by atoms with Gasteiger partial charge < -0.3 is 9.72 Å². The monoisotopic (exact) mass is 374 g/mol. The van der Waals surface area contributed by atoms with Gasteiger partial charge in [0.25, 0.3) is 0 Å². The SMILES string of the molecule is Cc1nn(-c2ccccc2)nc1C(=O)OC(C)C(=O)c1c[nH]c2ccccc12. The van der Waals surface area contributed by atoms with Crippen molar-refractivity contribution in [1.29, 1.82) is 0 Å². The van der Waals surface area contributed by atoms with Gasteiger partial charge in [-0.2, -0.15) is 9.90 Å². The van der Waals surface area contributed by atoms with Crippen LogP contribution in [0.2, 0.25) is 0 Å². The zero-order chi connectivity index (χ0) is 19.7. The fraction of sp³-hybridized carbons (Fsp3) is 0.143. The maximum Gasteiger partial charge on any atom is 0.361 e. The van der Waals surface area contributed by atoms with Crippen molar-refractivity contribution in [1.82, 2.24) is 20.0 Å². The molecule has 7 heteroatoms. The first kappa shape index (κ1) is 17.7. The van der Waals surface area contributed by atoms with Gasteiger partial charge in [0.15, 0.2) is 11.8 Å². The lowest BCUT2D eigenvalue weighted by atomic mass is 10.1. The number of aryl methyl sites for hydroxylation is 1. The number of rotatable bonds is 5. The second-order valence-electron chi connectivity index (χ2n) is 6.42. The molecule has 1 N–H and O–H groups in total. The van der Waals surface area contributed by atoms with Gasteiger partial charge in [0.1, 0.15) is 0 Å². The van der Waals surface area contributed by atoms with E-state index in [4.69, 9.17) is 4.74 Å². The van der Waals surface area contributed by atoms with Crippen molar-refractivity contribution in [2.45, 2.75) is 20.0 Å². The van der Waals surface area contributed by atoms with Crippen molar-refractivity contribution >= 4 is 22.7 Å². The van der Waals surface area contributed by atoms with E-state index in [0.29, 0.717) is 11.3 Å². The van der Waals surface area contributed by atoms with Crippen LogP contribution in [0.3, 0.4) is 0 Å². The van der Waals surface area contributed by atoms with Crippen molar-refractivity contribution in [2.75, 3.05) is 0 Å². The average molecular weight is 374 g/mol. The molecule has 0 aliphatic heterocycles. The van der Waals surface area contributed by atoms with Crippen molar-refractivity contribution in [3.05, 3.63) is 77.7 Å². The minimum atomic E-state index is -0.951. The molecule has 0 saturated carbocycles. The fourth-order valence-corrected chi connectivity index (χ4v) is 3.01. The van der Waals surface area contributed by atoms with Gasteiger partial charge in [-0.15, -0.1) is 5.10 Å². The Morgan fingerprint density at radius 3 is 2.54 bits per heavy atom. The van der Waals surface area contributed by atoms with Crippen LogP contribution in [0, 0.1) is 6.92 Å². The number of hydrogen-bond donors (Lipinski definition) is 1. The lowest BCUT2D eigenvalue weighted by Gasteiger charge is -2.11. The first-order chi connectivity index (χ1) is 13.5. The summed E-state index contributed by atoms with van der Waals surface area (Å²) in [6, 6.07) is 16.7. The van der Waals surface area contributed by atoms with E-state index in [-0.39, 0.29) is 11.5 Å². The number of esters is 1. The van der Waals surface area contributed by atoms with Crippen LogP contribution < -0.4 is 0 Å². The van der Waals surface area contributed by atoms with Gasteiger partial charge in [0.2, 0.25) is 5.78 Å². The second-order valence-corrected chi connectivity index (χ2v) is 6.42. The Morgan fingerprint density at radius 1 is 1.04 bits per heavy atom. The summed E-state index contributed by atoms with van der Waals surface area (Å²) in [6.07, 6.45) is 0.682. The number of nitrogens with one attached hydrogen (secondary N) is 1. The molecule has 0 amide bonds. The molecular formula is C21H18N4O3. The third-order valence-corrected chi connectivity index (χ3v) is 4.47. The molecule has 0 bridgehead atoms. The first-order valence-corrected chi connectivity index (χ1v) is 8.85. The minimum absolute atomic E-state index is 0.0856. The van der Waals surface area contributed by atoms with E-state index in [2.05, 4.69) is 15.2 Å². The number of benzene rings is 2.